The summed E-state index contributed by atoms with van der Waals surface area (Å²) in [4.78, 5) is 11.6. The van der Waals surface area contributed by atoms with Gasteiger partial charge in [-0.3, -0.25) is 4.99 Å². The molecule has 2 heterocycles. The topological polar surface area (TPSA) is 72.8 Å². The van der Waals surface area contributed by atoms with Crippen molar-refractivity contribution in [1.82, 2.24) is 20.5 Å². The van der Waals surface area contributed by atoms with Crippen LogP contribution in [-0.4, -0.2) is 66.3 Å². The SMILES string of the molecule is CCNC(=NCCCN1CCC(O)CC1)NCCc1csc(C)n1.I. The number of thiazole rings is 1. The van der Waals surface area contributed by atoms with Gasteiger partial charge in [0.05, 0.1) is 16.8 Å². The van der Waals surface area contributed by atoms with Crippen LogP contribution in [0.1, 0.15) is 36.9 Å². The number of likely N-dealkylation sites (tertiary alicyclic amines) is 1. The fraction of sp³-hybridized carbons (Fsp3) is 0.765. The Balaban J connectivity index is 0.00000312. The van der Waals surface area contributed by atoms with Gasteiger partial charge >= 0.3 is 0 Å². The lowest BCUT2D eigenvalue weighted by Crippen LogP contribution is -2.39. The molecule has 1 fully saturated rings. The van der Waals surface area contributed by atoms with E-state index >= 15 is 0 Å². The monoisotopic (exact) mass is 481 g/mol. The minimum atomic E-state index is -0.0923. The molecule has 0 unspecified atom stereocenters. The van der Waals surface area contributed by atoms with Crippen LogP contribution in [0.15, 0.2) is 10.4 Å². The Hall–Kier alpha value is -0.450. The molecule has 0 aromatic carbocycles. The van der Waals surface area contributed by atoms with E-state index in [1.165, 1.54) is 0 Å². The lowest BCUT2D eigenvalue weighted by atomic mass is 10.1. The van der Waals surface area contributed by atoms with Crippen molar-refractivity contribution >= 4 is 41.3 Å². The van der Waals surface area contributed by atoms with E-state index in [9.17, 15) is 5.11 Å². The molecule has 0 radical (unpaired) electrons. The molecule has 8 heteroatoms. The van der Waals surface area contributed by atoms with Crippen molar-refractivity contribution in [2.24, 2.45) is 4.99 Å². The molecule has 0 aliphatic carbocycles. The number of guanidine groups is 1. The van der Waals surface area contributed by atoms with E-state index in [0.29, 0.717) is 0 Å². The average Bonchev–Trinajstić information content (AvgIpc) is 2.98. The molecule has 2 rings (SSSR count). The van der Waals surface area contributed by atoms with E-state index in [2.05, 4.69) is 37.8 Å². The Morgan fingerprint density at radius 2 is 2.16 bits per heavy atom. The number of nitrogens with zero attached hydrogens (tertiary/aromatic N) is 3. The van der Waals surface area contributed by atoms with Crippen LogP contribution in [-0.2, 0) is 6.42 Å². The third-order valence-electron chi connectivity index (χ3n) is 4.14. The molecule has 144 valence electrons. The number of piperidine rings is 1. The predicted molar refractivity (Wildman–Crippen MR) is 116 cm³/mol. The lowest BCUT2D eigenvalue weighted by molar-refractivity contribution is 0.0824. The Bertz CT molecular complexity index is 503. The van der Waals surface area contributed by atoms with Gasteiger partial charge in [-0.05, 0) is 39.7 Å². The van der Waals surface area contributed by atoms with E-state index in [-0.39, 0.29) is 30.1 Å². The highest BCUT2D eigenvalue weighted by Gasteiger charge is 2.15. The zero-order valence-corrected chi connectivity index (χ0v) is 18.5. The average molecular weight is 481 g/mol. The van der Waals surface area contributed by atoms with Gasteiger partial charge in [-0.15, -0.1) is 35.3 Å². The number of aliphatic hydroxyl groups is 1. The quantitative estimate of drug-likeness (QED) is 0.229. The van der Waals surface area contributed by atoms with Gasteiger partial charge in [0, 0.05) is 44.5 Å². The second-order valence-corrected chi connectivity index (χ2v) is 7.28. The third-order valence-corrected chi connectivity index (χ3v) is 4.97. The Kier molecular flexibility index (Phi) is 11.6. The zero-order chi connectivity index (χ0) is 17.2. The van der Waals surface area contributed by atoms with Gasteiger partial charge in [-0.2, -0.15) is 0 Å². The Labute approximate surface area is 172 Å². The molecule has 0 spiro atoms. The molecular formula is C17H32IN5OS. The van der Waals surface area contributed by atoms with Gasteiger partial charge in [-0.1, -0.05) is 0 Å². The number of aryl methyl sites for hydroxylation is 1. The molecular weight excluding hydrogens is 449 g/mol. The standard InChI is InChI=1S/C17H31N5OS.HI/c1-3-18-17(20-9-5-15-13-24-14(2)21-15)19-8-4-10-22-11-6-16(23)7-12-22;/h13,16,23H,3-12H2,1-2H3,(H2,18,19,20);1H. The van der Waals surface area contributed by atoms with Crippen molar-refractivity contribution in [2.45, 2.75) is 45.6 Å². The maximum absolute atomic E-state index is 9.53. The van der Waals surface area contributed by atoms with Crippen LogP contribution in [0.5, 0.6) is 0 Å². The zero-order valence-electron chi connectivity index (χ0n) is 15.3. The predicted octanol–water partition coefficient (Wildman–Crippen LogP) is 2.01. The summed E-state index contributed by atoms with van der Waals surface area (Å²) >= 11 is 1.70. The van der Waals surface area contributed by atoms with Gasteiger partial charge < -0.3 is 20.6 Å². The molecule has 3 N–H and O–H groups in total. The number of aliphatic hydroxyl groups excluding tert-OH is 1. The maximum Gasteiger partial charge on any atom is 0.191 e. The number of aromatic nitrogens is 1. The first-order chi connectivity index (χ1) is 11.7. The summed E-state index contributed by atoms with van der Waals surface area (Å²) in [5.74, 6) is 0.888. The van der Waals surface area contributed by atoms with Gasteiger partial charge in [0.2, 0.25) is 0 Å². The summed E-state index contributed by atoms with van der Waals surface area (Å²) < 4.78 is 0. The molecule has 1 aliphatic heterocycles. The molecule has 1 aromatic rings. The smallest absolute Gasteiger partial charge is 0.191 e. The van der Waals surface area contributed by atoms with Crippen molar-refractivity contribution in [3.63, 3.8) is 0 Å². The number of rotatable bonds is 8. The summed E-state index contributed by atoms with van der Waals surface area (Å²) in [6, 6.07) is 0. The fourth-order valence-corrected chi connectivity index (χ4v) is 3.45. The molecule has 0 bridgehead atoms. The number of halogens is 1. The van der Waals surface area contributed by atoms with Gasteiger partial charge in [0.1, 0.15) is 0 Å². The first-order valence-electron chi connectivity index (χ1n) is 9.01. The highest BCUT2D eigenvalue weighted by Crippen LogP contribution is 2.10. The highest BCUT2D eigenvalue weighted by molar-refractivity contribution is 14.0. The number of nitrogens with one attached hydrogen (secondary N) is 2. The van der Waals surface area contributed by atoms with Crippen LogP contribution in [0.4, 0.5) is 0 Å². The Morgan fingerprint density at radius 1 is 1.40 bits per heavy atom. The van der Waals surface area contributed by atoms with Crippen LogP contribution in [0.3, 0.4) is 0 Å². The van der Waals surface area contributed by atoms with Gasteiger partial charge in [0.15, 0.2) is 5.96 Å². The van der Waals surface area contributed by atoms with Gasteiger partial charge in [-0.25, -0.2) is 4.98 Å². The largest absolute Gasteiger partial charge is 0.393 e. The highest BCUT2D eigenvalue weighted by atomic mass is 127. The normalized spacial score (nSPS) is 16.5. The molecule has 0 atom stereocenters. The molecule has 6 nitrogen and oxygen atoms in total. The number of hydrogen-bond donors (Lipinski definition) is 3. The minimum Gasteiger partial charge on any atom is -0.393 e. The van der Waals surface area contributed by atoms with Crippen LogP contribution in [0, 0.1) is 6.92 Å². The third kappa shape index (κ3) is 9.16. The van der Waals surface area contributed by atoms with Crippen LogP contribution < -0.4 is 10.6 Å². The van der Waals surface area contributed by atoms with E-state index in [1.54, 1.807) is 11.3 Å². The van der Waals surface area contributed by atoms with Crippen LogP contribution in [0.25, 0.3) is 0 Å². The van der Waals surface area contributed by atoms with Crippen molar-refractivity contribution < 1.29 is 5.11 Å². The molecule has 25 heavy (non-hydrogen) atoms. The summed E-state index contributed by atoms with van der Waals surface area (Å²) in [5, 5.41) is 19.4. The molecule has 0 amide bonds. The lowest BCUT2D eigenvalue weighted by Gasteiger charge is -2.29. The van der Waals surface area contributed by atoms with Crippen molar-refractivity contribution in [3.05, 3.63) is 16.1 Å². The van der Waals surface area contributed by atoms with Crippen LogP contribution in [0.2, 0.25) is 0 Å². The van der Waals surface area contributed by atoms with E-state index in [4.69, 9.17) is 0 Å². The summed E-state index contributed by atoms with van der Waals surface area (Å²) in [5.41, 5.74) is 1.15. The molecule has 1 saturated heterocycles. The molecule has 1 aliphatic rings. The summed E-state index contributed by atoms with van der Waals surface area (Å²) in [7, 11) is 0. The number of aliphatic imine (C=N–C) groups is 1. The van der Waals surface area contributed by atoms with Crippen molar-refractivity contribution in [1.29, 1.82) is 0 Å². The first-order valence-corrected chi connectivity index (χ1v) is 9.89. The summed E-state index contributed by atoms with van der Waals surface area (Å²) in [6.45, 7) is 9.74. The van der Waals surface area contributed by atoms with Crippen molar-refractivity contribution in [3.8, 4) is 0 Å². The van der Waals surface area contributed by atoms with Crippen LogP contribution >= 0.6 is 35.3 Å². The summed E-state index contributed by atoms with van der Waals surface area (Å²) in [6.07, 6.45) is 3.70. The van der Waals surface area contributed by atoms with E-state index in [1.807, 2.05) is 6.92 Å². The first kappa shape index (κ1) is 22.6. The fourth-order valence-electron chi connectivity index (χ4n) is 2.80. The minimum absolute atomic E-state index is 0. The maximum atomic E-state index is 9.53. The number of hydrogen-bond acceptors (Lipinski definition) is 5. The second-order valence-electron chi connectivity index (χ2n) is 6.22. The van der Waals surface area contributed by atoms with E-state index < -0.39 is 0 Å². The van der Waals surface area contributed by atoms with Gasteiger partial charge in [0.25, 0.3) is 0 Å². The van der Waals surface area contributed by atoms with Crippen molar-refractivity contribution in [2.75, 3.05) is 39.3 Å². The molecule has 1 aromatic heterocycles. The second kappa shape index (κ2) is 12.8. The van der Waals surface area contributed by atoms with E-state index in [0.717, 1.165) is 81.6 Å². The Morgan fingerprint density at radius 3 is 2.80 bits per heavy atom. The molecule has 0 saturated carbocycles.